The second kappa shape index (κ2) is 14.1. The van der Waals surface area contributed by atoms with E-state index < -0.39 is 0 Å². The third-order valence-corrected chi connectivity index (χ3v) is 4.09. The van der Waals surface area contributed by atoms with Gasteiger partial charge < -0.3 is 21.5 Å². The van der Waals surface area contributed by atoms with Crippen LogP contribution in [0.3, 0.4) is 0 Å². The van der Waals surface area contributed by atoms with Crippen LogP contribution < -0.4 is 17.0 Å². The summed E-state index contributed by atoms with van der Waals surface area (Å²) in [5, 5.41) is 0. The quantitative estimate of drug-likeness (QED) is 0.221. The maximum Gasteiger partial charge on any atom is 0.154 e. The Hall–Kier alpha value is 0.730. The molecule has 112 valence electrons. The standard InChI is InChI=1S/C15H33ClN.BrH/c1-4-5-6-7-8-9-10-11-12-13-14-17(2,3)15-16;/h4-15H2,1-3H3;1H/q+1;/p-1. The molecule has 0 aliphatic carbocycles. The number of nitrogens with zero attached hydrogens (tertiary/aromatic N) is 1. The van der Waals surface area contributed by atoms with Crippen molar-refractivity contribution in [2.45, 2.75) is 71.1 Å². The van der Waals surface area contributed by atoms with Crippen LogP contribution in [0.5, 0.6) is 0 Å². The number of quaternary nitrogens is 1. The Morgan fingerprint density at radius 3 is 1.50 bits per heavy atom. The molecule has 0 aromatic rings. The van der Waals surface area contributed by atoms with Gasteiger partial charge in [0.05, 0.1) is 20.6 Å². The topological polar surface area (TPSA) is 0 Å². The average molecular weight is 343 g/mol. The SMILES string of the molecule is CCCCCCCCCCCC[N+](C)(C)CCl.[Br-]. The van der Waals surface area contributed by atoms with Gasteiger partial charge in [-0.15, -0.1) is 0 Å². The van der Waals surface area contributed by atoms with Gasteiger partial charge in [0.1, 0.15) is 0 Å². The van der Waals surface area contributed by atoms with Gasteiger partial charge in [-0.05, 0) is 12.8 Å². The molecule has 0 saturated carbocycles. The van der Waals surface area contributed by atoms with E-state index in [9.17, 15) is 0 Å². The summed E-state index contributed by atoms with van der Waals surface area (Å²) in [6.45, 7) is 3.50. The minimum absolute atomic E-state index is 0. The first-order valence-corrected chi connectivity index (χ1v) is 8.04. The van der Waals surface area contributed by atoms with Crippen molar-refractivity contribution in [3.05, 3.63) is 0 Å². The molecule has 0 aromatic heterocycles. The van der Waals surface area contributed by atoms with Gasteiger partial charge in [-0.3, -0.25) is 0 Å². The Balaban J connectivity index is 0. The summed E-state index contributed by atoms with van der Waals surface area (Å²) in [6.07, 6.45) is 14.1. The van der Waals surface area contributed by atoms with Gasteiger partial charge in [0.2, 0.25) is 0 Å². The maximum atomic E-state index is 5.89. The minimum Gasteiger partial charge on any atom is -1.00 e. The highest BCUT2D eigenvalue weighted by Crippen LogP contribution is 2.11. The first-order chi connectivity index (χ1) is 8.12. The predicted molar refractivity (Wildman–Crippen MR) is 79.5 cm³/mol. The van der Waals surface area contributed by atoms with E-state index in [-0.39, 0.29) is 17.0 Å². The van der Waals surface area contributed by atoms with Crippen LogP contribution in [0, 0.1) is 0 Å². The minimum atomic E-state index is 0. The molecule has 0 fully saturated rings. The van der Waals surface area contributed by atoms with Crippen molar-refractivity contribution in [3.8, 4) is 0 Å². The third-order valence-electron chi connectivity index (χ3n) is 3.44. The van der Waals surface area contributed by atoms with Gasteiger partial charge in [-0.1, -0.05) is 69.9 Å². The van der Waals surface area contributed by atoms with Crippen molar-refractivity contribution in [1.29, 1.82) is 0 Å². The maximum absolute atomic E-state index is 5.89. The van der Waals surface area contributed by atoms with Gasteiger partial charge in [0.15, 0.2) is 6.00 Å². The van der Waals surface area contributed by atoms with Crippen LogP contribution in [0.15, 0.2) is 0 Å². The summed E-state index contributed by atoms with van der Waals surface area (Å²) in [7, 11) is 4.42. The summed E-state index contributed by atoms with van der Waals surface area (Å²) < 4.78 is 0.957. The molecule has 0 spiro atoms. The normalized spacial score (nSPS) is 11.3. The van der Waals surface area contributed by atoms with Crippen LogP contribution in [-0.4, -0.2) is 31.1 Å². The zero-order valence-electron chi connectivity index (χ0n) is 12.7. The molecular weight excluding hydrogens is 310 g/mol. The van der Waals surface area contributed by atoms with E-state index in [1.165, 1.54) is 70.8 Å². The first kappa shape index (κ1) is 21.0. The molecule has 0 heterocycles. The van der Waals surface area contributed by atoms with Crippen LogP contribution in [-0.2, 0) is 0 Å². The Morgan fingerprint density at radius 1 is 0.722 bits per heavy atom. The van der Waals surface area contributed by atoms with Crippen molar-refractivity contribution >= 4 is 11.6 Å². The molecular formula is C15H33BrClN. The van der Waals surface area contributed by atoms with Crippen molar-refractivity contribution in [2.24, 2.45) is 0 Å². The fourth-order valence-electron chi connectivity index (χ4n) is 2.09. The smallest absolute Gasteiger partial charge is 0.154 e. The molecule has 0 aromatic carbocycles. The molecule has 3 heteroatoms. The lowest BCUT2D eigenvalue weighted by Gasteiger charge is -2.26. The average Bonchev–Trinajstić information content (AvgIpc) is 2.31. The Kier molecular flexibility index (Phi) is 16.5. The number of hydrogen-bond donors (Lipinski definition) is 0. The van der Waals surface area contributed by atoms with Crippen LogP contribution in [0.4, 0.5) is 0 Å². The van der Waals surface area contributed by atoms with Gasteiger partial charge in [-0.25, -0.2) is 0 Å². The molecule has 0 unspecified atom stereocenters. The molecule has 0 amide bonds. The van der Waals surface area contributed by atoms with Crippen LogP contribution >= 0.6 is 11.6 Å². The van der Waals surface area contributed by atoms with Crippen molar-refractivity contribution < 1.29 is 21.5 Å². The summed E-state index contributed by atoms with van der Waals surface area (Å²) in [6, 6.07) is 0.734. The lowest BCUT2D eigenvalue weighted by molar-refractivity contribution is -0.879. The molecule has 0 N–H and O–H groups in total. The Morgan fingerprint density at radius 2 is 1.11 bits per heavy atom. The van der Waals surface area contributed by atoms with Gasteiger partial charge in [-0.2, -0.15) is 0 Å². The number of halogens is 2. The zero-order chi connectivity index (χ0) is 13.0. The highest BCUT2D eigenvalue weighted by atomic mass is 79.9. The lowest BCUT2D eigenvalue weighted by Crippen LogP contribution is -3.00. The fourth-order valence-corrected chi connectivity index (χ4v) is 2.21. The van der Waals surface area contributed by atoms with E-state index in [0.717, 1.165) is 10.5 Å². The summed E-state index contributed by atoms with van der Waals surface area (Å²) in [5.41, 5.74) is 0. The molecule has 0 bridgehead atoms. The molecule has 0 atom stereocenters. The molecule has 0 radical (unpaired) electrons. The zero-order valence-corrected chi connectivity index (χ0v) is 15.0. The second-order valence-electron chi connectivity index (χ2n) is 5.96. The summed E-state index contributed by atoms with van der Waals surface area (Å²) in [4.78, 5) is 0. The van der Waals surface area contributed by atoms with E-state index in [4.69, 9.17) is 11.6 Å². The fraction of sp³-hybridized carbons (Fsp3) is 1.00. The Labute approximate surface area is 131 Å². The third kappa shape index (κ3) is 14.8. The molecule has 18 heavy (non-hydrogen) atoms. The highest BCUT2D eigenvalue weighted by molar-refractivity contribution is 6.16. The Bertz CT molecular complexity index is 163. The van der Waals surface area contributed by atoms with E-state index >= 15 is 0 Å². The van der Waals surface area contributed by atoms with Crippen LogP contribution in [0.2, 0.25) is 0 Å². The lowest BCUT2D eigenvalue weighted by atomic mass is 10.1. The number of alkyl halides is 1. The number of rotatable bonds is 12. The largest absolute Gasteiger partial charge is 1.00 e. The van der Waals surface area contributed by atoms with Gasteiger partial charge >= 0.3 is 0 Å². The molecule has 1 nitrogen and oxygen atoms in total. The van der Waals surface area contributed by atoms with Crippen molar-refractivity contribution in [3.63, 3.8) is 0 Å². The van der Waals surface area contributed by atoms with Crippen molar-refractivity contribution in [2.75, 3.05) is 26.6 Å². The summed E-state index contributed by atoms with van der Waals surface area (Å²) in [5.74, 6) is 0. The summed E-state index contributed by atoms with van der Waals surface area (Å²) >= 11 is 5.89. The van der Waals surface area contributed by atoms with Crippen LogP contribution in [0.25, 0.3) is 0 Å². The van der Waals surface area contributed by atoms with Crippen LogP contribution in [0.1, 0.15) is 71.1 Å². The second-order valence-corrected chi connectivity index (χ2v) is 6.20. The van der Waals surface area contributed by atoms with Crippen molar-refractivity contribution in [1.82, 2.24) is 0 Å². The number of hydrogen-bond acceptors (Lipinski definition) is 0. The molecule has 0 aliphatic heterocycles. The highest BCUT2D eigenvalue weighted by Gasteiger charge is 2.11. The monoisotopic (exact) mass is 341 g/mol. The molecule has 0 rings (SSSR count). The predicted octanol–water partition coefficient (Wildman–Crippen LogP) is 2.18. The van der Waals surface area contributed by atoms with Gasteiger partial charge in [0, 0.05) is 0 Å². The number of unbranched alkanes of at least 4 members (excludes halogenated alkanes) is 9. The first-order valence-electron chi connectivity index (χ1n) is 7.50. The van der Waals surface area contributed by atoms with E-state index in [0.29, 0.717) is 0 Å². The van der Waals surface area contributed by atoms with E-state index in [1.54, 1.807) is 0 Å². The van der Waals surface area contributed by atoms with E-state index in [1.807, 2.05) is 0 Å². The van der Waals surface area contributed by atoms with E-state index in [2.05, 4.69) is 21.0 Å². The molecule has 0 aliphatic rings. The van der Waals surface area contributed by atoms with Gasteiger partial charge in [0.25, 0.3) is 0 Å². The molecule has 0 saturated heterocycles.